The van der Waals surface area contributed by atoms with Crippen molar-refractivity contribution in [3.63, 3.8) is 0 Å². The predicted molar refractivity (Wildman–Crippen MR) is 108 cm³/mol. The van der Waals surface area contributed by atoms with Crippen LogP contribution in [0.4, 0.5) is 0 Å². The summed E-state index contributed by atoms with van der Waals surface area (Å²) in [7, 11) is 1.55. The molecule has 4 aromatic rings. The van der Waals surface area contributed by atoms with Crippen molar-refractivity contribution in [1.29, 1.82) is 5.26 Å². The maximum absolute atomic E-state index is 12.2. The summed E-state index contributed by atoms with van der Waals surface area (Å²) < 4.78 is 8.34. The number of rotatable bonds is 5. The molecule has 0 saturated heterocycles. The number of hydrogen-bond acceptors (Lipinski definition) is 7. The maximum Gasteiger partial charge on any atom is 0.368 e. The average Bonchev–Trinajstić information content (AvgIpc) is 3.34. The number of nitrogens with zero attached hydrogens (tertiary/aromatic N) is 6. The van der Waals surface area contributed by atoms with Gasteiger partial charge in [-0.1, -0.05) is 35.6 Å². The summed E-state index contributed by atoms with van der Waals surface area (Å²) in [6, 6.07) is 15.0. The van der Waals surface area contributed by atoms with Crippen LogP contribution in [0.1, 0.15) is 16.7 Å². The molecule has 0 amide bonds. The van der Waals surface area contributed by atoms with Gasteiger partial charge in [0.1, 0.15) is 6.61 Å². The van der Waals surface area contributed by atoms with E-state index in [0.717, 1.165) is 22.4 Å². The molecule has 2 heterocycles. The molecule has 0 saturated carbocycles. The number of aromatic nitrogens is 5. The SMILES string of the molecule is Cc1cccc(-n2nnn(C)c2=O)c1COc1nc(-c2cccc(C#N)c2)cs1. The number of ether oxygens (including phenoxy) is 1. The minimum atomic E-state index is -0.328. The summed E-state index contributed by atoms with van der Waals surface area (Å²) in [4.78, 5) is 16.8. The number of nitriles is 1. The highest BCUT2D eigenvalue weighted by molar-refractivity contribution is 7.11. The second-order valence-corrected chi connectivity index (χ2v) is 7.17. The van der Waals surface area contributed by atoms with E-state index in [1.54, 1.807) is 19.2 Å². The van der Waals surface area contributed by atoms with Gasteiger partial charge in [0.05, 0.1) is 23.0 Å². The molecular weight excluding hydrogens is 388 g/mol. The lowest BCUT2D eigenvalue weighted by Crippen LogP contribution is -2.23. The van der Waals surface area contributed by atoms with Crippen molar-refractivity contribution in [2.24, 2.45) is 7.05 Å². The van der Waals surface area contributed by atoms with Gasteiger partial charge in [0.15, 0.2) is 0 Å². The Hall–Kier alpha value is -3.77. The third-order valence-corrected chi connectivity index (χ3v) is 5.20. The van der Waals surface area contributed by atoms with Gasteiger partial charge in [-0.2, -0.15) is 14.6 Å². The zero-order valence-electron chi connectivity index (χ0n) is 15.7. The van der Waals surface area contributed by atoms with Gasteiger partial charge in [-0.3, -0.25) is 0 Å². The van der Waals surface area contributed by atoms with Crippen LogP contribution in [0, 0.1) is 18.3 Å². The molecule has 0 unspecified atom stereocenters. The van der Waals surface area contributed by atoms with Crippen molar-refractivity contribution in [2.75, 3.05) is 0 Å². The largest absolute Gasteiger partial charge is 0.465 e. The molecule has 0 radical (unpaired) electrons. The molecule has 0 spiro atoms. The Morgan fingerprint density at radius 3 is 2.79 bits per heavy atom. The van der Waals surface area contributed by atoms with Crippen molar-refractivity contribution in [2.45, 2.75) is 13.5 Å². The molecule has 0 fully saturated rings. The Morgan fingerprint density at radius 2 is 2.03 bits per heavy atom. The summed E-state index contributed by atoms with van der Waals surface area (Å²) in [5.74, 6) is 0. The van der Waals surface area contributed by atoms with Gasteiger partial charge in [-0.25, -0.2) is 9.78 Å². The van der Waals surface area contributed by atoms with E-state index in [9.17, 15) is 4.79 Å². The topological polar surface area (TPSA) is 98.6 Å². The molecule has 0 aliphatic rings. The van der Waals surface area contributed by atoms with Crippen LogP contribution in [0.15, 0.2) is 52.6 Å². The van der Waals surface area contributed by atoms with Gasteiger partial charge in [0.2, 0.25) is 0 Å². The summed E-state index contributed by atoms with van der Waals surface area (Å²) in [6.45, 7) is 2.18. The second-order valence-electron chi connectivity index (χ2n) is 6.35. The minimum Gasteiger partial charge on any atom is -0.465 e. The second kappa shape index (κ2) is 7.69. The first-order chi connectivity index (χ1) is 14.1. The van der Waals surface area contributed by atoms with E-state index in [1.165, 1.54) is 20.7 Å². The molecule has 4 rings (SSSR count). The molecule has 0 atom stereocenters. The Balaban J connectivity index is 1.59. The third kappa shape index (κ3) is 3.66. The van der Waals surface area contributed by atoms with Crippen LogP contribution in [0.25, 0.3) is 16.9 Å². The molecule has 8 nitrogen and oxygen atoms in total. The highest BCUT2D eigenvalue weighted by Crippen LogP contribution is 2.28. The Kier molecular flexibility index (Phi) is 4.93. The highest BCUT2D eigenvalue weighted by atomic mass is 32.1. The zero-order chi connectivity index (χ0) is 20.4. The lowest BCUT2D eigenvalue weighted by molar-refractivity contribution is 0.303. The number of hydrogen-bond donors (Lipinski definition) is 0. The van der Waals surface area contributed by atoms with E-state index in [0.29, 0.717) is 16.4 Å². The molecule has 2 aromatic heterocycles. The van der Waals surface area contributed by atoms with Crippen LogP contribution in [-0.2, 0) is 13.7 Å². The summed E-state index contributed by atoms with van der Waals surface area (Å²) in [5.41, 5.74) is 4.29. The minimum absolute atomic E-state index is 0.232. The van der Waals surface area contributed by atoms with E-state index >= 15 is 0 Å². The van der Waals surface area contributed by atoms with Crippen molar-refractivity contribution in [3.05, 3.63) is 75.0 Å². The zero-order valence-corrected chi connectivity index (χ0v) is 16.6. The highest BCUT2D eigenvalue weighted by Gasteiger charge is 2.14. The number of thiazole rings is 1. The number of tetrazole rings is 1. The lowest BCUT2D eigenvalue weighted by atomic mass is 10.1. The molecule has 0 N–H and O–H groups in total. The fraction of sp³-hybridized carbons (Fsp3) is 0.150. The van der Waals surface area contributed by atoms with E-state index in [-0.39, 0.29) is 12.3 Å². The van der Waals surface area contributed by atoms with Crippen LogP contribution in [0.5, 0.6) is 5.19 Å². The van der Waals surface area contributed by atoms with Crippen molar-refractivity contribution in [3.8, 4) is 28.2 Å². The molecule has 144 valence electrons. The Bertz CT molecular complexity index is 1280. The van der Waals surface area contributed by atoms with Crippen LogP contribution in [0.3, 0.4) is 0 Å². The number of benzene rings is 2. The van der Waals surface area contributed by atoms with E-state index in [4.69, 9.17) is 10.00 Å². The van der Waals surface area contributed by atoms with Crippen molar-refractivity contribution < 1.29 is 4.74 Å². The molecule has 29 heavy (non-hydrogen) atoms. The first-order valence-electron chi connectivity index (χ1n) is 8.73. The molecule has 0 aliphatic carbocycles. The van der Waals surface area contributed by atoms with E-state index < -0.39 is 0 Å². The van der Waals surface area contributed by atoms with Crippen LogP contribution in [0.2, 0.25) is 0 Å². The van der Waals surface area contributed by atoms with Gasteiger partial charge in [0.25, 0.3) is 5.19 Å². The molecule has 0 aliphatic heterocycles. The van der Waals surface area contributed by atoms with Crippen molar-refractivity contribution in [1.82, 2.24) is 24.8 Å². The normalized spacial score (nSPS) is 10.7. The molecule has 2 aromatic carbocycles. The van der Waals surface area contributed by atoms with E-state index in [2.05, 4.69) is 21.5 Å². The van der Waals surface area contributed by atoms with E-state index in [1.807, 2.05) is 42.6 Å². The average molecular weight is 404 g/mol. The predicted octanol–water partition coefficient (Wildman–Crippen LogP) is 2.85. The smallest absolute Gasteiger partial charge is 0.368 e. The van der Waals surface area contributed by atoms with Gasteiger partial charge in [0, 0.05) is 23.6 Å². The van der Waals surface area contributed by atoms with Gasteiger partial charge >= 0.3 is 5.69 Å². The monoisotopic (exact) mass is 404 g/mol. The standard InChI is InChI=1S/C20H16N6O2S/c1-13-5-3-8-18(26-20(27)25(2)23-24-26)16(13)11-28-19-22-17(12-29-19)15-7-4-6-14(9-15)10-21/h3-9,12H,11H2,1-2H3. The summed E-state index contributed by atoms with van der Waals surface area (Å²) in [6.07, 6.45) is 0. The van der Waals surface area contributed by atoms with Crippen LogP contribution in [-0.4, -0.2) is 24.8 Å². The fourth-order valence-corrected chi connectivity index (χ4v) is 3.56. The first-order valence-corrected chi connectivity index (χ1v) is 9.61. The summed E-state index contributed by atoms with van der Waals surface area (Å²) >= 11 is 1.38. The first kappa shape index (κ1) is 18.6. The Morgan fingerprint density at radius 1 is 1.21 bits per heavy atom. The Labute approximate surface area is 170 Å². The molecule has 0 bridgehead atoms. The fourth-order valence-electron chi connectivity index (χ4n) is 2.88. The van der Waals surface area contributed by atoms with Gasteiger partial charge in [-0.15, -0.1) is 0 Å². The number of aryl methyl sites for hydroxylation is 2. The van der Waals surface area contributed by atoms with Crippen LogP contribution < -0.4 is 10.4 Å². The summed E-state index contributed by atoms with van der Waals surface area (Å²) in [5, 5.41) is 19.2. The quantitative estimate of drug-likeness (QED) is 0.507. The van der Waals surface area contributed by atoms with Gasteiger partial charge < -0.3 is 4.74 Å². The van der Waals surface area contributed by atoms with Crippen molar-refractivity contribution >= 4 is 11.3 Å². The third-order valence-electron chi connectivity index (χ3n) is 4.45. The van der Waals surface area contributed by atoms with Gasteiger partial charge in [-0.05, 0) is 41.1 Å². The maximum atomic E-state index is 12.2. The molecular formula is C20H16N6O2S. The van der Waals surface area contributed by atoms with Crippen LogP contribution >= 0.6 is 11.3 Å². The lowest BCUT2D eigenvalue weighted by Gasteiger charge is -2.11. The molecule has 9 heteroatoms.